The van der Waals surface area contributed by atoms with Crippen molar-refractivity contribution in [2.75, 3.05) is 32.2 Å². The first-order valence-electron chi connectivity index (χ1n) is 10.8. The lowest BCUT2D eigenvalue weighted by molar-refractivity contribution is -0.137. The number of ether oxygens (including phenoxy) is 3. The lowest BCUT2D eigenvalue weighted by Gasteiger charge is -2.19. The van der Waals surface area contributed by atoms with E-state index in [1.807, 2.05) is 0 Å². The van der Waals surface area contributed by atoms with Gasteiger partial charge in [-0.05, 0) is 50.1 Å². The number of hydrogen-bond donors (Lipinski definition) is 1. The number of alkyl halides is 3. The molecule has 34 heavy (non-hydrogen) atoms. The molecule has 0 saturated carbocycles. The van der Waals surface area contributed by atoms with Crippen LogP contribution in [0.3, 0.4) is 0 Å². The summed E-state index contributed by atoms with van der Waals surface area (Å²) in [6.45, 7) is 5.14. The summed E-state index contributed by atoms with van der Waals surface area (Å²) in [5.74, 6) is 1.17. The van der Waals surface area contributed by atoms with Crippen LogP contribution < -0.4 is 14.8 Å². The zero-order valence-electron chi connectivity index (χ0n) is 19.0. The molecule has 4 rings (SSSR count). The van der Waals surface area contributed by atoms with Crippen molar-refractivity contribution in [3.63, 3.8) is 0 Å². The number of aryl methyl sites for hydroxylation is 1. The summed E-state index contributed by atoms with van der Waals surface area (Å²) in [6, 6.07) is 5.28. The third-order valence-corrected chi connectivity index (χ3v) is 5.69. The number of anilines is 1. The van der Waals surface area contributed by atoms with Crippen molar-refractivity contribution in [2.24, 2.45) is 5.92 Å². The fraction of sp³-hybridized carbons (Fsp3) is 0.417. The van der Waals surface area contributed by atoms with E-state index in [-0.39, 0.29) is 11.5 Å². The maximum Gasteiger partial charge on any atom is 0.416 e. The molecule has 0 bridgehead atoms. The Morgan fingerprint density at radius 2 is 1.94 bits per heavy atom. The number of rotatable bonds is 7. The number of benzene rings is 2. The highest BCUT2D eigenvalue weighted by Gasteiger charge is 2.32. The Kier molecular flexibility index (Phi) is 6.79. The van der Waals surface area contributed by atoms with E-state index in [1.54, 1.807) is 26.0 Å². The number of methoxy groups -OCH3 is 1. The van der Waals surface area contributed by atoms with Gasteiger partial charge in [0.05, 0.1) is 37.4 Å². The highest BCUT2D eigenvalue weighted by atomic mass is 19.4. The van der Waals surface area contributed by atoms with Gasteiger partial charge in [0.25, 0.3) is 0 Å². The number of hydrogen-bond acceptors (Lipinski definition) is 6. The quantitative estimate of drug-likeness (QED) is 0.439. The topological polar surface area (TPSA) is 65.5 Å². The average Bonchev–Trinajstić information content (AvgIpc) is 3.29. The predicted molar refractivity (Wildman–Crippen MR) is 119 cm³/mol. The third-order valence-electron chi connectivity index (χ3n) is 5.69. The minimum absolute atomic E-state index is 0.142. The molecule has 0 spiro atoms. The highest BCUT2D eigenvalue weighted by molar-refractivity contribution is 5.92. The first-order valence-corrected chi connectivity index (χ1v) is 10.8. The summed E-state index contributed by atoms with van der Waals surface area (Å²) < 4.78 is 70.3. The second-order valence-corrected chi connectivity index (χ2v) is 8.32. The molecule has 1 aliphatic heterocycles. The Hall–Kier alpha value is -3.14. The average molecular weight is 479 g/mol. The van der Waals surface area contributed by atoms with E-state index in [9.17, 15) is 17.6 Å². The van der Waals surface area contributed by atoms with Gasteiger partial charge in [0, 0.05) is 24.0 Å². The van der Waals surface area contributed by atoms with Crippen molar-refractivity contribution in [1.29, 1.82) is 0 Å². The number of aromatic nitrogens is 2. The van der Waals surface area contributed by atoms with Gasteiger partial charge in [0.1, 0.15) is 17.5 Å². The van der Waals surface area contributed by atoms with Crippen LogP contribution in [0.5, 0.6) is 11.5 Å². The van der Waals surface area contributed by atoms with Crippen LogP contribution in [0.25, 0.3) is 10.9 Å². The van der Waals surface area contributed by atoms with E-state index < -0.39 is 23.6 Å². The Morgan fingerprint density at radius 1 is 1.15 bits per heavy atom. The van der Waals surface area contributed by atoms with E-state index >= 15 is 0 Å². The van der Waals surface area contributed by atoms with Gasteiger partial charge in [0.15, 0.2) is 11.5 Å². The lowest BCUT2D eigenvalue weighted by Crippen LogP contribution is -2.13. The van der Waals surface area contributed by atoms with Gasteiger partial charge in [-0.1, -0.05) is 0 Å². The van der Waals surface area contributed by atoms with Gasteiger partial charge in [0.2, 0.25) is 0 Å². The van der Waals surface area contributed by atoms with Crippen LogP contribution in [0.2, 0.25) is 0 Å². The van der Waals surface area contributed by atoms with Crippen molar-refractivity contribution < 1.29 is 31.8 Å². The summed E-state index contributed by atoms with van der Waals surface area (Å²) in [5, 5.41) is 3.71. The minimum Gasteiger partial charge on any atom is -0.493 e. The number of nitrogens with one attached hydrogen (secondary N) is 1. The van der Waals surface area contributed by atoms with E-state index in [0.29, 0.717) is 59.9 Å². The second kappa shape index (κ2) is 9.61. The fourth-order valence-electron chi connectivity index (χ4n) is 3.87. The molecule has 1 N–H and O–H groups in total. The molecule has 0 radical (unpaired) electrons. The van der Waals surface area contributed by atoms with Gasteiger partial charge in [-0.25, -0.2) is 14.4 Å². The SMILES string of the molecule is COc1cc2nc(C)nc(N[C@H](C)c3cc(F)cc(C(F)(F)F)c3)c2cc1OC[C@H]1CCOC1. The molecule has 1 fully saturated rings. The molecule has 1 saturated heterocycles. The van der Waals surface area contributed by atoms with Gasteiger partial charge in [-0.15, -0.1) is 0 Å². The molecule has 10 heteroatoms. The second-order valence-electron chi connectivity index (χ2n) is 8.32. The van der Waals surface area contributed by atoms with Crippen molar-refractivity contribution >= 4 is 16.7 Å². The Labute approximate surface area is 194 Å². The molecule has 6 nitrogen and oxygen atoms in total. The van der Waals surface area contributed by atoms with Crippen LogP contribution in [0.4, 0.5) is 23.4 Å². The summed E-state index contributed by atoms with van der Waals surface area (Å²) in [7, 11) is 1.53. The largest absolute Gasteiger partial charge is 0.493 e. The van der Waals surface area contributed by atoms with Crippen LogP contribution in [0.15, 0.2) is 30.3 Å². The summed E-state index contributed by atoms with van der Waals surface area (Å²) >= 11 is 0. The van der Waals surface area contributed by atoms with Crippen molar-refractivity contribution in [1.82, 2.24) is 9.97 Å². The van der Waals surface area contributed by atoms with E-state index in [2.05, 4.69) is 15.3 Å². The number of fused-ring (bicyclic) bond motifs is 1. The molecular weight excluding hydrogens is 454 g/mol. The Bertz CT molecular complexity index is 1180. The molecule has 0 unspecified atom stereocenters. The first-order chi connectivity index (χ1) is 16.1. The maximum atomic E-state index is 13.9. The minimum atomic E-state index is -4.65. The summed E-state index contributed by atoms with van der Waals surface area (Å²) in [5.41, 5.74) is -0.329. The molecule has 2 atom stereocenters. The van der Waals surface area contributed by atoms with Gasteiger partial charge < -0.3 is 19.5 Å². The monoisotopic (exact) mass is 479 g/mol. The number of halogens is 4. The maximum absolute atomic E-state index is 13.9. The van der Waals surface area contributed by atoms with Gasteiger partial charge in [-0.3, -0.25) is 0 Å². The van der Waals surface area contributed by atoms with Gasteiger partial charge >= 0.3 is 6.18 Å². The van der Waals surface area contributed by atoms with E-state index in [0.717, 1.165) is 18.6 Å². The zero-order valence-corrected chi connectivity index (χ0v) is 19.0. The highest BCUT2D eigenvalue weighted by Crippen LogP contribution is 2.37. The van der Waals surface area contributed by atoms with Crippen LogP contribution in [-0.4, -0.2) is 36.9 Å². The third kappa shape index (κ3) is 5.32. The molecule has 0 aliphatic carbocycles. The number of nitrogens with zero attached hydrogens (tertiary/aromatic N) is 2. The molecular formula is C24H25F4N3O3. The predicted octanol–water partition coefficient (Wildman–Crippen LogP) is 5.69. The van der Waals surface area contributed by atoms with Gasteiger partial charge in [-0.2, -0.15) is 13.2 Å². The first kappa shape index (κ1) is 24.0. The van der Waals surface area contributed by atoms with E-state index in [1.165, 1.54) is 7.11 Å². The molecule has 0 amide bonds. The molecule has 2 heterocycles. The molecule has 2 aromatic carbocycles. The summed E-state index contributed by atoms with van der Waals surface area (Å²) in [4.78, 5) is 8.89. The van der Waals surface area contributed by atoms with Crippen molar-refractivity contribution in [2.45, 2.75) is 32.5 Å². The van der Waals surface area contributed by atoms with Crippen molar-refractivity contribution in [3.8, 4) is 11.5 Å². The van der Waals surface area contributed by atoms with Crippen molar-refractivity contribution in [3.05, 3.63) is 53.1 Å². The van der Waals surface area contributed by atoms with E-state index in [4.69, 9.17) is 14.2 Å². The smallest absolute Gasteiger partial charge is 0.416 e. The fourth-order valence-corrected chi connectivity index (χ4v) is 3.87. The standard InChI is InChI=1S/C24H25F4N3O3/c1-13(16-6-17(24(26,27)28)8-18(25)7-16)29-23-19-9-22(34-12-15-4-5-33-11-15)21(32-3)10-20(19)30-14(2)31-23/h6-10,13,15H,4-5,11-12H2,1-3H3,(H,29,30,31)/t13-,15+/m1/s1. The van der Waals surface area contributed by atoms with Crippen LogP contribution in [-0.2, 0) is 10.9 Å². The zero-order chi connectivity index (χ0) is 24.5. The Morgan fingerprint density at radius 3 is 2.62 bits per heavy atom. The lowest BCUT2D eigenvalue weighted by atomic mass is 10.0. The molecule has 1 aliphatic rings. The van der Waals surface area contributed by atoms with Crippen LogP contribution in [0.1, 0.15) is 36.3 Å². The van der Waals surface area contributed by atoms with Crippen LogP contribution >= 0.6 is 0 Å². The molecule has 3 aromatic rings. The Balaban J connectivity index is 1.67. The molecule has 182 valence electrons. The molecule has 1 aromatic heterocycles. The van der Waals surface area contributed by atoms with Crippen LogP contribution in [0, 0.1) is 18.7 Å². The normalized spacial score (nSPS) is 17.1. The summed E-state index contributed by atoms with van der Waals surface area (Å²) in [6.07, 6.45) is -3.74.